The summed E-state index contributed by atoms with van der Waals surface area (Å²) < 4.78 is 32.4. The second-order valence-corrected chi connectivity index (χ2v) is 8.41. The quantitative estimate of drug-likeness (QED) is 0.0886. The molecule has 176 valence electrons. The van der Waals surface area contributed by atoms with Crippen molar-refractivity contribution in [1.82, 2.24) is 20.3 Å². The monoisotopic (exact) mass is 570 g/mol. The number of nitrogens with one attached hydrogen (secondary N) is 3. The largest absolute Gasteiger partial charge is 0.379 e. The maximum absolute atomic E-state index is 12.3. The minimum atomic E-state index is -3.83. The topological polar surface area (TPSA) is 138 Å². The van der Waals surface area contributed by atoms with Crippen LogP contribution in [0.4, 0.5) is 5.69 Å². The van der Waals surface area contributed by atoms with Crippen molar-refractivity contribution in [2.24, 2.45) is 4.99 Å². The number of hydrogen-bond acceptors (Lipinski definition) is 7. The number of guanidine groups is 1. The van der Waals surface area contributed by atoms with Gasteiger partial charge in [0, 0.05) is 57.9 Å². The normalized spacial score (nSPS) is 15.2. The van der Waals surface area contributed by atoms with Crippen LogP contribution in [-0.2, 0) is 14.8 Å². The fourth-order valence-electron chi connectivity index (χ4n) is 2.87. The summed E-state index contributed by atoms with van der Waals surface area (Å²) in [6.07, 6.45) is 0.927. The number of rotatable bonds is 11. The van der Waals surface area contributed by atoms with Crippen LogP contribution in [0, 0.1) is 10.1 Å². The van der Waals surface area contributed by atoms with E-state index in [4.69, 9.17) is 4.74 Å². The van der Waals surface area contributed by atoms with Crippen LogP contribution < -0.4 is 15.4 Å². The lowest BCUT2D eigenvalue weighted by Gasteiger charge is -2.26. The van der Waals surface area contributed by atoms with E-state index in [0.717, 1.165) is 45.3 Å². The number of hydrogen-bond donors (Lipinski definition) is 3. The number of non-ortho nitro benzene ring substituents is 1. The third-order valence-corrected chi connectivity index (χ3v) is 5.86. The van der Waals surface area contributed by atoms with E-state index >= 15 is 0 Å². The van der Waals surface area contributed by atoms with Gasteiger partial charge in [-0.05, 0) is 19.4 Å². The smallest absolute Gasteiger partial charge is 0.270 e. The Balaban J connectivity index is 0.00000480. The summed E-state index contributed by atoms with van der Waals surface area (Å²) >= 11 is 0. The molecule has 0 aromatic heterocycles. The van der Waals surface area contributed by atoms with Crippen molar-refractivity contribution < 1.29 is 18.1 Å². The summed E-state index contributed by atoms with van der Waals surface area (Å²) in [6.45, 7) is 8.16. The summed E-state index contributed by atoms with van der Waals surface area (Å²) in [6, 6.07) is 4.95. The third kappa shape index (κ3) is 10.1. The molecule has 0 bridgehead atoms. The lowest BCUT2D eigenvalue weighted by molar-refractivity contribution is -0.385. The first-order valence-electron chi connectivity index (χ1n) is 9.99. The fraction of sp³-hybridized carbons (Fsp3) is 0.611. The molecule has 13 heteroatoms. The zero-order valence-electron chi connectivity index (χ0n) is 17.6. The highest BCUT2D eigenvalue weighted by molar-refractivity contribution is 14.0. The summed E-state index contributed by atoms with van der Waals surface area (Å²) in [7, 11) is -3.83. The molecule has 2 rings (SSSR count). The summed E-state index contributed by atoms with van der Waals surface area (Å²) in [5, 5.41) is 17.0. The molecular formula is C18H31IN6O5S. The Bertz CT molecular complexity index is 817. The molecule has 1 saturated heterocycles. The van der Waals surface area contributed by atoms with Gasteiger partial charge in [0.1, 0.15) is 0 Å². The Hall–Kier alpha value is -1.55. The lowest BCUT2D eigenvalue weighted by atomic mass is 10.3. The maximum atomic E-state index is 12.3. The molecule has 0 saturated carbocycles. The van der Waals surface area contributed by atoms with Crippen LogP contribution in [-0.4, -0.2) is 83.2 Å². The minimum absolute atomic E-state index is 0. The van der Waals surface area contributed by atoms with Gasteiger partial charge in [0.25, 0.3) is 5.69 Å². The van der Waals surface area contributed by atoms with Gasteiger partial charge in [-0.2, -0.15) is 0 Å². The van der Waals surface area contributed by atoms with Crippen molar-refractivity contribution in [3.05, 3.63) is 34.4 Å². The molecule has 0 aliphatic carbocycles. The minimum Gasteiger partial charge on any atom is -0.379 e. The molecule has 0 amide bonds. The molecule has 1 fully saturated rings. The molecular weight excluding hydrogens is 539 g/mol. The molecule has 31 heavy (non-hydrogen) atoms. The number of nitro groups is 1. The number of benzene rings is 1. The molecule has 0 radical (unpaired) electrons. The van der Waals surface area contributed by atoms with Crippen molar-refractivity contribution in [2.75, 3.05) is 59.0 Å². The van der Waals surface area contributed by atoms with Crippen LogP contribution in [0.5, 0.6) is 0 Å². The highest BCUT2D eigenvalue weighted by Crippen LogP contribution is 2.16. The Morgan fingerprint density at radius 1 is 1.26 bits per heavy atom. The first-order valence-corrected chi connectivity index (χ1v) is 11.5. The SMILES string of the molecule is CCNC(=NCCCN1CCOCC1)NCCNS(=O)(=O)c1cccc([N+](=O)[O-])c1.I. The highest BCUT2D eigenvalue weighted by Gasteiger charge is 2.17. The van der Waals surface area contributed by atoms with Gasteiger partial charge in [-0.3, -0.25) is 20.0 Å². The van der Waals surface area contributed by atoms with E-state index in [2.05, 4.69) is 25.2 Å². The van der Waals surface area contributed by atoms with Crippen molar-refractivity contribution in [1.29, 1.82) is 0 Å². The molecule has 0 spiro atoms. The van der Waals surface area contributed by atoms with Gasteiger partial charge in [-0.1, -0.05) is 6.07 Å². The average Bonchev–Trinajstić information content (AvgIpc) is 2.75. The number of halogens is 1. The van der Waals surface area contributed by atoms with Crippen LogP contribution in [0.3, 0.4) is 0 Å². The number of nitrogens with zero attached hydrogens (tertiary/aromatic N) is 3. The first-order chi connectivity index (χ1) is 14.4. The molecule has 1 heterocycles. The van der Waals surface area contributed by atoms with E-state index in [1.807, 2.05) is 6.92 Å². The second-order valence-electron chi connectivity index (χ2n) is 6.65. The molecule has 1 aliphatic rings. The van der Waals surface area contributed by atoms with Gasteiger partial charge in [-0.25, -0.2) is 13.1 Å². The number of aliphatic imine (C=N–C) groups is 1. The Morgan fingerprint density at radius 3 is 2.68 bits per heavy atom. The van der Waals surface area contributed by atoms with E-state index in [1.165, 1.54) is 18.2 Å². The fourth-order valence-corrected chi connectivity index (χ4v) is 3.94. The van der Waals surface area contributed by atoms with Crippen molar-refractivity contribution >= 4 is 45.6 Å². The Morgan fingerprint density at radius 2 is 2.00 bits per heavy atom. The van der Waals surface area contributed by atoms with Crippen molar-refractivity contribution in [2.45, 2.75) is 18.2 Å². The van der Waals surface area contributed by atoms with Gasteiger partial charge in [-0.15, -0.1) is 24.0 Å². The zero-order valence-corrected chi connectivity index (χ0v) is 20.7. The van der Waals surface area contributed by atoms with Gasteiger partial charge >= 0.3 is 0 Å². The van der Waals surface area contributed by atoms with E-state index in [-0.39, 0.29) is 41.1 Å². The van der Waals surface area contributed by atoms with E-state index in [1.54, 1.807) is 0 Å². The average molecular weight is 570 g/mol. The summed E-state index contributed by atoms with van der Waals surface area (Å²) in [5.41, 5.74) is -0.269. The van der Waals surface area contributed by atoms with E-state index in [0.29, 0.717) is 25.6 Å². The maximum Gasteiger partial charge on any atom is 0.270 e. The Kier molecular flexibility index (Phi) is 12.9. The van der Waals surface area contributed by atoms with Crippen molar-refractivity contribution in [3.8, 4) is 0 Å². The van der Waals surface area contributed by atoms with Crippen LogP contribution in [0.25, 0.3) is 0 Å². The van der Waals surface area contributed by atoms with Crippen LogP contribution >= 0.6 is 24.0 Å². The predicted octanol–water partition coefficient (Wildman–Crippen LogP) is 0.769. The van der Waals surface area contributed by atoms with Gasteiger partial charge < -0.3 is 15.4 Å². The lowest BCUT2D eigenvalue weighted by Crippen LogP contribution is -2.41. The summed E-state index contributed by atoms with van der Waals surface area (Å²) in [4.78, 5) is 16.9. The standard InChI is InChI=1S/C18H30N6O5S.HI/c1-2-19-18(20-7-4-10-23-11-13-29-14-12-23)21-8-9-22-30(27,28)17-6-3-5-16(15-17)24(25)26;/h3,5-6,15,22H,2,4,7-14H2,1H3,(H2,19,20,21);1H. The van der Waals surface area contributed by atoms with Crippen LogP contribution in [0.1, 0.15) is 13.3 Å². The first kappa shape index (κ1) is 27.5. The van der Waals surface area contributed by atoms with Gasteiger partial charge in [0.05, 0.1) is 23.0 Å². The molecule has 0 unspecified atom stereocenters. The van der Waals surface area contributed by atoms with Crippen molar-refractivity contribution in [3.63, 3.8) is 0 Å². The molecule has 3 N–H and O–H groups in total. The van der Waals surface area contributed by atoms with Gasteiger partial charge in [0.2, 0.25) is 10.0 Å². The number of ether oxygens (including phenoxy) is 1. The van der Waals surface area contributed by atoms with E-state index < -0.39 is 14.9 Å². The Labute approximate surface area is 200 Å². The molecule has 1 aromatic carbocycles. The molecule has 1 aliphatic heterocycles. The second kappa shape index (κ2) is 14.5. The van der Waals surface area contributed by atoms with Gasteiger partial charge in [0.15, 0.2) is 5.96 Å². The molecule has 1 aromatic rings. The van der Waals surface area contributed by atoms with Crippen LogP contribution in [0.2, 0.25) is 0 Å². The predicted molar refractivity (Wildman–Crippen MR) is 130 cm³/mol. The third-order valence-electron chi connectivity index (χ3n) is 4.40. The number of nitro benzene ring substituents is 1. The molecule has 0 atom stereocenters. The highest BCUT2D eigenvalue weighted by atomic mass is 127. The summed E-state index contributed by atoms with van der Waals surface area (Å²) in [5.74, 6) is 0.619. The molecule has 11 nitrogen and oxygen atoms in total. The van der Waals surface area contributed by atoms with Crippen LogP contribution in [0.15, 0.2) is 34.2 Å². The number of sulfonamides is 1. The van der Waals surface area contributed by atoms with E-state index in [9.17, 15) is 18.5 Å². The number of morpholine rings is 1. The zero-order chi connectivity index (χ0) is 21.8.